The summed E-state index contributed by atoms with van der Waals surface area (Å²) >= 11 is 5.81. The molecule has 2 aromatic rings. The molecular formula is C19H18ClNO3. The summed E-state index contributed by atoms with van der Waals surface area (Å²) in [6.45, 7) is 2.24. The molecule has 0 aromatic heterocycles. The highest BCUT2D eigenvalue weighted by Crippen LogP contribution is 2.27. The summed E-state index contributed by atoms with van der Waals surface area (Å²) in [5, 5.41) is 0.542. The molecule has 1 aliphatic heterocycles. The molecule has 124 valence electrons. The smallest absolute Gasteiger partial charge is 0.338 e. The minimum absolute atomic E-state index is 0.204. The molecule has 0 saturated carbocycles. The van der Waals surface area contributed by atoms with Crippen LogP contribution in [-0.4, -0.2) is 24.5 Å². The second kappa shape index (κ2) is 7.05. The van der Waals surface area contributed by atoms with Gasteiger partial charge in [0.1, 0.15) is 0 Å². The number of ether oxygens (including phenoxy) is 1. The van der Waals surface area contributed by atoms with E-state index in [-0.39, 0.29) is 5.91 Å². The Bertz CT molecular complexity index is 757. The fraction of sp³-hybridized carbons (Fsp3) is 0.263. The van der Waals surface area contributed by atoms with E-state index in [1.165, 1.54) is 0 Å². The minimum Gasteiger partial charge on any atom is -0.449 e. The van der Waals surface area contributed by atoms with Gasteiger partial charge in [0.15, 0.2) is 6.10 Å². The zero-order chi connectivity index (χ0) is 17.1. The number of carbonyl (C=O) groups is 2. The van der Waals surface area contributed by atoms with Crippen LogP contribution < -0.4 is 4.90 Å². The summed E-state index contributed by atoms with van der Waals surface area (Å²) in [7, 11) is 0. The number of fused-ring (bicyclic) bond motifs is 1. The number of carbonyl (C=O) groups excluding carboxylic acids is 2. The summed E-state index contributed by atoms with van der Waals surface area (Å²) in [6, 6.07) is 14.2. The van der Waals surface area contributed by atoms with E-state index >= 15 is 0 Å². The topological polar surface area (TPSA) is 46.6 Å². The van der Waals surface area contributed by atoms with Gasteiger partial charge in [0, 0.05) is 17.3 Å². The van der Waals surface area contributed by atoms with Gasteiger partial charge in [-0.25, -0.2) is 4.79 Å². The largest absolute Gasteiger partial charge is 0.449 e. The molecule has 0 radical (unpaired) electrons. The van der Waals surface area contributed by atoms with Crippen molar-refractivity contribution in [3.8, 4) is 0 Å². The van der Waals surface area contributed by atoms with Crippen LogP contribution in [0.25, 0.3) is 0 Å². The first-order chi connectivity index (χ1) is 11.6. The number of esters is 1. The summed E-state index contributed by atoms with van der Waals surface area (Å²) in [4.78, 5) is 26.6. The normalized spacial score (nSPS) is 14.7. The van der Waals surface area contributed by atoms with Crippen molar-refractivity contribution in [2.24, 2.45) is 0 Å². The summed E-state index contributed by atoms with van der Waals surface area (Å²) in [5.41, 5.74) is 2.43. The lowest BCUT2D eigenvalue weighted by atomic mass is 10.0. The molecule has 1 heterocycles. The van der Waals surface area contributed by atoms with Gasteiger partial charge in [-0.1, -0.05) is 29.8 Å². The Morgan fingerprint density at radius 3 is 2.58 bits per heavy atom. The van der Waals surface area contributed by atoms with Crippen LogP contribution in [0, 0.1) is 0 Å². The van der Waals surface area contributed by atoms with Crippen molar-refractivity contribution < 1.29 is 14.3 Å². The maximum atomic E-state index is 12.7. The van der Waals surface area contributed by atoms with E-state index in [2.05, 4.69) is 0 Å². The van der Waals surface area contributed by atoms with E-state index in [9.17, 15) is 9.59 Å². The molecule has 0 aliphatic carbocycles. The summed E-state index contributed by atoms with van der Waals surface area (Å²) in [6.07, 6.45) is 1.01. The highest BCUT2D eigenvalue weighted by atomic mass is 35.5. The molecule has 0 fully saturated rings. The molecule has 1 unspecified atom stereocenters. The van der Waals surface area contributed by atoms with Crippen molar-refractivity contribution in [3.63, 3.8) is 0 Å². The fourth-order valence-electron chi connectivity index (χ4n) is 2.85. The molecule has 1 atom stereocenters. The van der Waals surface area contributed by atoms with Crippen molar-refractivity contribution in [1.82, 2.24) is 0 Å². The number of rotatable bonds is 3. The van der Waals surface area contributed by atoms with Crippen LogP contribution in [-0.2, 0) is 16.0 Å². The number of amides is 1. The van der Waals surface area contributed by atoms with Gasteiger partial charge >= 0.3 is 5.97 Å². The van der Waals surface area contributed by atoms with Crippen LogP contribution in [0.3, 0.4) is 0 Å². The van der Waals surface area contributed by atoms with Crippen LogP contribution in [0.4, 0.5) is 5.69 Å². The van der Waals surface area contributed by atoms with Gasteiger partial charge in [-0.05, 0) is 55.7 Å². The van der Waals surface area contributed by atoms with Crippen molar-refractivity contribution in [2.75, 3.05) is 11.4 Å². The summed E-state index contributed by atoms with van der Waals surface area (Å²) in [5.74, 6) is -0.734. The van der Waals surface area contributed by atoms with Crippen LogP contribution in [0.2, 0.25) is 5.02 Å². The van der Waals surface area contributed by atoms with E-state index in [0.717, 1.165) is 24.1 Å². The van der Waals surface area contributed by atoms with Gasteiger partial charge in [0.05, 0.1) is 5.56 Å². The number of anilines is 1. The lowest BCUT2D eigenvalue weighted by molar-refractivity contribution is -0.126. The molecule has 0 spiro atoms. The maximum absolute atomic E-state index is 12.7. The molecule has 0 N–H and O–H groups in total. The average molecular weight is 344 g/mol. The van der Waals surface area contributed by atoms with Crippen molar-refractivity contribution >= 4 is 29.2 Å². The van der Waals surface area contributed by atoms with Crippen molar-refractivity contribution in [1.29, 1.82) is 0 Å². The van der Waals surface area contributed by atoms with Crippen molar-refractivity contribution in [3.05, 3.63) is 64.7 Å². The molecular weight excluding hydrogens is 326 g/mol. The molecule has 0 bridgehead atoms. The lowest BCUT2D eigenvalue weighted by Crippen LogP contribution is -2.42. The van der Waals surface area contributed by atoms with Crippen LogP contribution >= 0.6 is 11.6 Å². The van der Waals surface area contributed by atoms with Gasteiger partial charge in [0.25, 0.3) is 5.91 Å². The van der Waals surface area contributed by atoms with E-state index < -0.39 is 12.1 Å². The zero-order valence-corrected chi connectivity index (χ0v) is 14.1. The van der Waals surface area contributed by atoms with E-state index in [1.54, 1.807) is 36.1 Å². The number of halogens is 1. The van der Waals surface area contributed by atoms with Crippen LogP contribution in [0.15, 0.2) is 48.5 Å². The monoisotopic (exact) mass is 343 g/mol. The van der Waals surface area contributed by atoms with Gasteiger partial charge in [-0.15, -0.1) is 0 Å². The van der Waals surface area contributed by atoms with Gasteiger partial charge in [0.2, 0.25) is 0 Å². The van der Waals surface area contributed by atoms with Crippen LogP contribution in [0.5, 0.6) is 0 Å². The Morgan fingerprint density at radius 1 is 1.12 bits per heavy atom. The fourth-order valence-corrected chi connectivity index (χ4v) is 2.97. The predicted molar refractivity (Wildman–Crippen MR) is 93.4 cm³/mol. The zero-order valence-electron chi connectivity index (χ0n) is 13.4. The third-order valence-electron chi connectivity index (χ3n) is 4.09. The molecule has 5 heteroatoms. The summed E-state index contributed by atoms with van der Waals surface area (Å²) < 4.78 is 5.33. The number of nitrogens with zero attached hydrogens (tertiary/aromatic N) is 1. The number of para-hydroxylation sites is 1. The second-order valence-corrected chi connectivity index (χ2v) is 6.21. The van der Waals surface area contributed by atoms with Crippen molar-refractivity contribution in [2.45, 2.75) is 25.9 Å². The molecule has 4 nitrogen and oxygen atoms in total. The third kappa shape index (κ3) is 3.44. The van der Waals surface area contributed by atoms with Gasteiger partial charge in [-0.2, -0.15) is 0 Å². The third-order valence-corrected chi connectivity index (χ3v) is 4.34. The second-order valence-electron chi connectivity index (χ2n) is 5.78. The Balaban J connectivity index is 1.71. The maximum Gasteiger partial charge on any atom is 0.338 e. The Kier molecular flexibility index (Phi) is 4.86. The first kappa shape index (κ1) is 16.5. The highest BCUT2D eigenvalue weighted by molar-refractivity contribution is 6.30. The molecule has 0 saturated heterocycles. The average Bonchev–Trinajstić information content (AvgIpc) is 2.61. The number of benzene rings is 2. The van der Waals surface area contributed by atoms with E-state index in [4.69, 9.17) is 16.3 Å². The van der Waals surface area contributed by atoms with E-state index in [1.807, 2.05) is 24.3 Å². The lowest BCUT2D eigenvalue weighted by Gasteiger charge is -2.31. The standard InChI is InChI=1S/C19H18ClNO3/c1-13(24-19(23)15-8-10-16(20)11-9-15)18(22)21-12-4-6-14-5-2-3-7-17(14)21/h2-3,5,7-11,13H,4,6,12H2,1H3. The van der Waals surface area contributed by atoms with Gasteiger partial charge in [-0.3, -0.25) is 4.79 Å². The molecule has 1 aliphatic rings. The minimum atomic E-state index is -0.848. The SMILES string of the molecule is CC(OC(=O)c1ccc(Cl)cc1)C(=O)N1CCCc2ccccc21. The first-order valence-electron chi connectivity index (χ1n) is 7.92. The number of hydrogen-bond acceptors (Lipinski definition) is 3. The Hall–Kier alpha value is -2.33. The molecule has 3 rings (SSSR count). The molecule has 1 amide bonds. The van der Waals surface area contributed by atoms with Crippen LogP contribution in [0.1, 0.15) is 29.3 Å². The molecule has 24 heavy (non-hydrogen) atoms. The highest BCUT2D eigenvalue weighted by Gasteiger charge is 2.28. The van der Waals surface area contributed by atoms with E-state index in [0.29, 0.717) is 17.1 Å². The predicted octanol–water partition coefficient (Wildman–Crippen LogP) is 3.86. The Morgan fingerprint density at radius 2 is 1.83 bits per heavy atom. The number of hydrogen-bond donors (Lipinski definition) is 0. The quantitative estimate of drug-likeness (QED) is 0.795. The van der Waals surface area contributed by atoms with Gasteiger partial charge < -0.3 is 9.64 Å². The Labute approximate surface area is 146 Å². The molecule has 2 aromatic carbocycles. The number of aryl methyl sites for hydroxylation is 1. The first-order valence-corrected chi connectivity index (χ1v) is 8.30.